The first kappa shape index (κ1) is 14.3. The van der Waals surface area contributed by atoms with Gasteiger partial charge in [0.05, 0.1) is 0 Å². The van der Waals surface area contributed by atoms with Crippen LogP contribution < -0.4 is 5.32 Å². The lowest BCUT2D eigenvalue weighted by atomic mass is 9.84. The minimum Gasteiger partial charge on any atom is -0.311 e. The topological polar surface area (TPSA) is 15.3 Å². The van der Waals surface area contributed by atoms with E-state index < -0.39 is 0 Å². The summed E-state index contributed by atoms with van der Waals surface area (Å²) in [6.07, 6.45) is 6.95. The first-order valence-electron chi connectivity index (χ1n) is 8.01. The maximum Gasteiger partial charge on any atom is 0.0121 e. The SMILES string of the molecule is CCN1CCC(C(C)NC2CCCC2(C)C)CC1. The third-order valence-electron chi connectivity index (χ3n) is 5.51. The van der Waals surface area contributed by atoms with Gasteiger partial charge in [-0.25, -0.2) is 0 Å². The molecule has 1 aliphatic carbocycles. The van der Waals surface area contributed by atoms with Gasteiger partial charge in [0.25, 0.3) is 0 Å². The molecule has 0 aromatic rings. The first-order valence-corrected chi connectivity index (χ1v) is 8.01. The molecule has 0 bridgehead atoms. The second-order valence-electron chi connectivity index (χ2n) is 7.16. The normalized spacial score (nSPS) is 31.7. The highest BCUT2D eigenvalue weighted by Gasteiger charge is 2.36. The fourth-order valence-corrected chi connectivity index (χ4v) is 3.86. The third kappa shape index (κ3) is 3.27. The maximum atomic E-state index is 3.95. The predicted octanol–water partition coefficient (Wildman–Crippen LogP) is 3.28. The lowest BCUT2D eigenvalue weighted by Gasteiger charge is -2.38. The van der Waals surface area contributed by atoms with Gasteiger partial charge in [-0.05, 0) is 63.6 Å². The van der Waals surface area contributed by atoms with Gasteiger partial charge in [-0.3, -0.25) is 0 Å². The molecular weight excluding hydrogens is 220 g/mol. The van der Waals surface area contributed by atoms with E-state index in [9.17, 15) is 0 Å². The molecule has 0 aromatic carbocycles. The van der Waals surface area contributed by atoms with Gasteiger partial charge in [0.2, 0.25) is 0 Å². The van der Waals surface area contributed by atoms with Crippen molar-refractivity contribution >= 4 is 0 Å². The number of nitrogens with one attached hydrogen (secondary N) is 1. The van der Waals surface area contributed by atoms with Crippen LogP contribution in [0, 0.1) is 11.3 Å². The zero-order valence-electron chi connectivity index (χ0n) is 12.8. The summed E-state index contributed by atoms with van der Waals surface area (Å²) in [6, 6.07) is 1.45. The van der Waals surface area contributed by atoms with Gasteiger partial charge in [0.15, 0.2) is 0 Å². The molecule has 2 aliphatic rings. The Kier molecular flexibility index (Phi) is 4.71. The molecule has 0 spiro atoms. The summed E-state index contributed by atoms with van der Waals surface area (Å²) in [7, 11) is 0. The van der Waals surface area contributed by atoms with Gasteiger partial charge in [-0.1, -0.05) is 27.2 Å². The van der Waals surface area contributed by atoms with Crippen molar-refractivity contribution in [3.63, 3.8) is 0 Å². The Morgan fingerprint density at radius 1 is 1.22 bits per heavy atom. The molecule has 1 aliphatic heterocycles. The van der Waals surface area contributed by atoms with Crippen LogP contribution in [0.5, 0.6) is 0 Å². The Morgan fingerprint density at radius 2 is 1.89 bits per heavy atom. The standard InChI is InChI=1S/C16H32N2/c1-5-18-11-8-14(9-12-18)13(2)17-15-7-6-10-16(15,3)4/h13-15,17H,5-12H2,1-4H3. The van der Waals surface area contributed by atoms with Crippen LogP contribution in [-0.2, 0) is 0 Å². The second-order valence-corrected chi connectivity index (χ2v) is 7.16. The van der Waals surface area contributed by atoms with E-state index in [1.165, 1.54) is 51.7 Å². The second kappa shape index (κ2) is 5.92. The summed E-state index contributed by atoms with van der Waals surface area (Å²) in [5.74, 6) is 0.893. The van der Waals surface area contributed by atoms with Gasteiger partial charge >= 0.3 is 0 Å². The van der Waals surface area contributed by atoms with Crippen molar-refractivity contribution in [3.05, 3.63) is 0 Å². The summed E-state index contributed by atoms with van der Waals surface area (Å²) in [5.41, 5.74) is 0.512. The Morgan fingerprint density at radius 3 is 2.39 bits per heavy atom. The van der Waals surface area contributed by atoms with Crippen LogP contribution >= 0.6 is 0 Å². The average molecular weight is 252 g/mol. The quantitative estimate of drug-likeness (QED) is 0.826. The molecule has 1 heterocycles. The van der Waals surface area contributed by atoms with E-state index in [1.807, 2.05) is 0 Å². The van der Waals surface area contributed by atoms with Crippen molar-refractivity contribution in [1.82, 2.24) is 10.2 Å². The predicted molar refractivity (Wildman–Crippen MR) is 78.9 cm³/mol. The minimum absolute atomic E-state index is 0.512. The molecule has 2 fully saturated rings. The largest absolute Gasteiger partial charge is 0.311 e. The van der Waals surface area contributed by atoms with Gasteiger partial charge < -0.3 is 10.2 Å². The lowest BCUT2D eigenvalue weighted by Crippen LogP contribution is -2.48. The molecule has 0 radical (unpaired) electrons. The van der Waals surface area contributed by atoms with Gasteiger partial charge in [-0.15, -0.1) is 0 Å². The van der Waals surface area contributed by atoms with Crippen molar-refractivity contribution in [2.75, 3.05) is 19.6 Å². The molecular formula is C16H32N2. The Balaban J connectivity index is 1.80. The van der Waals surface area contributed by atoms with Crippen LogP contribution in [0.3, 0.4) is 0 Å². The zero-order valence-corrected chi connectivity index (χ0v) is 12.8. The van der Waals surface area contributed by atoms with Crippen molar-refractivity contribution in [2.24, 2.45) is 11.3 Å². The lowest BCUT2D eigenvalue weighted by molar-refractivity contribution is 0.152. The Hall–Kier alpha value is -0.0800. The molecule has 2 nitrogen and oxygen atoms in total. The summed E-state index contributed by atoms with van der Waals surface area (Å²) in [5, 5.41) is 3.95. The van der Waals surface area contributed by atoms with Crippen molar-refractivity contribution in [1.29, 1.82) is 0 Å². The zero-order chi connectivity index (χ0) is 13.2. The van der Waals surface area contributed by atoms with Gasteiger partial charge in [0.1, 0.15) is 0 Å². The number of likely N-dealkylation sites (tertiary alicyclic amines) is 1. The molecule has 1 saturated carbocycles. The van der Waals surface area contributed by atoms with E-state index in [4.69, 9.17) is 0 Å². The van der Waals surface area contributed by atoms with Crippen molar-refractivity contribution in [2.45, 2.75) is 71.9 Å². The minimum atomic E-state index is 0.512. The smallest absolute Gasteiger partial charge is 0.0121 e. The highest BCUT2D eigenvalue weighted by molar-refractivity contribution is 4.93. The molecule has 0 amide bonds. The molecule has 2 atom stereocenters. The Labute approximate surface area is 114 Å². The highest BCUT2D eigenvalue weighted by atomic mass is 15.1. The van der Waals surface area contributed by atoms with Crippen LogP contribution in [0.1, 0.15) is 59.8 Å². The van der Waals surface area contributed by atoms with E-state index in [2.05, 4.69) is 37.9 Å². The van der Waals surface area contributed by atoms with E-state index in [1.54, 1.807) is 0 Å². The average Bonchev–Trinajstić information content (AvgIpc) is 2.69. The van der Waals surface area contributed by atoms with Crippen LogP contribution in [0.2, 0.25) is 0 Å². The fourth-order valence-electron chi connectivity index (χ4n) is 3.86. The molecule has 0 aromatic heterocycles. The molecule has 2 heteroatoms. The summed E-state index contributed by atoms with van der Waals surface area (Å²) < 4.78 is 0. The van der Waals surface area contributed by atoms with E-state index >= 15 is 0 Å². The summed E-state index contributed by atoms with van der Waals surface area (Å²) >= 11 is 0. The first-order chi connectivity index (χ1) is 8.53. The van der Waals surface area contributed by atoms with Crippen LogP contribution in [0.15, 0.2) is 0 Å². The molecule has 1 saturated heterocycles. The van der Waals surface area contributed by atoms with Crippen molar-refractivity contribution < 1.29 is 0 Å². The maximum absolute atomic E-state index is 3.95. The molecule has 18 heavy (non-hydrogen) atoms. The molecule has 2 unspecified atom stereocenters. The number of piperidine rings is 1. The molecule has 1 N–H and O–H groups in total. The number of hydrogen-bond acceptors (Lipinski definition) is 2. The number of hydrogen-bond donors (Lipinski definition) is 1. The highest BCUT2D eigenvalue weighted by Crippen LogP contribution is 2.38. The fraction of sp³-hybridized carbons (Fsp3) is 1.00. The Bertz CT molecular complexity index is 254. The molecule has 106 valence electrons. The third-order valence-corrected chi connectivity index (χ3v) is 5.51. The van der Waals surface area contributed by atoms with Crippen LogP contribution in [0.4, 0.5) is 0 Å². The van der Waals surface area contributed by atoms with Gasteiger partial charge in [-0.2, -0.15) is 0 Å². The molecule has 2 rings (SSSR count). The summed E-state index contributed by atoms with van der Waals surface area (Å²) in [6.45, 7) is 13.4. The van der Waals surface area contributed by atoms with E-state index in [0.29, 0.717) is 11.5 Å². The van der Waals surface area contributed by atoms with Gasteiger partial charge in [0, 0.05) is 12.1 Å². The summed E-state index contributed by atoms with van der Waals surface area (Å²) in [4.78, 5) is 2.59. The van der Waals surface area contributed by atoms with Crippen LogP contribution in [-0.4, -0.2) is 36.6 Å². The number of nitrogens with zero attached hydrogens (tertiary/aromatic N) is 1. The number of rotatable bonds is 4. The van der Waals surface area contributed by atoms with E-state index in [0.717, 1.165) is 12.0 Å². The van der Waals surface area contributed by atoms with Crippen molar-refractivity contribution in [3.8, 4) is 0 Å². The van der Waals surface area contributed by atoms with Crippen LogP contribution in [0.25, 0.3) is 0 Å². The monoisotopic (exact) mass is 252 g/mol. The van der Waals surface area contributed by atoms with E-state index in [-0.39, 0.29) is 0 Å².